The van der Waals surface area contributed by atoms with E-state index >= 15 is 0 Å². The van der Waals surface area contributed by atoms with Crippen LogP contribution in [0.3, 0.4) is 0 Å². The van der Waals surface area contributed by atoms with Gasteiger partial charge < -0.3 is 25.2 Å². The van der Waals surface area contributed by atoms with E-state index in [2.05, 4.69) is 14.8 Å². The predicted molar refractivity (Wildman–Crippen MR) is 43.0 cm³/mol. The van der Waals surface area contributed by atoms with Gasteiger partial charge in [-0.2, -0.15) is 0 Å². The third-order valence-electron chi connectivity index (χ3n) is 2.15. The second-order valence-corrected chi connectivity index (χ2v) is 3.08. The average molecular weight is 223 g/mol. The van der Waals surface area contributed by atoms with Gasteiger partial charge >= 0.3 is 0 Å². The molecule has 15 heavy (non-hydrogen) atoms. The monoisotopic (exact) mass is 223 g/mol. The van der Waals surface area contributed by atoms with E-state index in [0.29, 0.717) is 0 Å². The number of nitrogens with zero attached hydrogens (tertiary/aromatic N) is 3. The highest BCUT2D eigenvalue weighted by atomic mass is 19.1. The molecule has 4 N–H and O–H groups in total. The van der Waals surface area contributed by atoms with Crippen LogP contribution in [0, 0.1) is 0 Å². The lowest BCUT2D eigenvalue weighted by molar-refractivity contribution is -0.305. The van der Waals surface area contributed by atoms with Crippen LogP contribution in [0.5, 0.6) is 0 Å². The number of rotatable bonds is 2. The second-order valence-electron chi connectivity index (χ2n) is 3.08. The molecule has 0 aromatic heterocycles. The first-order valence-electron chi connectivity index (χ1n) is 4.02. The van der Waals surface area contributed by atoms with Gasteiger partial charge in [0, 0.05) is 4.91 Å². The minimum absolute atomic E-state index is 0.745. The van der Waals surface area contributed by atoms with Gasteiger partial charge in [-0.3, -0.25) is 0 Å². The van der Waals surface area contributed by atoms with Crippen LogP contribution in [-0.2, 0) is 4.74 Å². The molecule has 0 aromatic carbocycles. The van der Waals surface area contributed by atoms with Crippen molar-refractivity contribution < 1.29 is 29.6 Å². The lowest BCUT2D eigenvalue weighted by Crippen LogP contribution is -2.64. The van der Waals surface area contributed by atoms with E-state index in [4.69, 9.17) is 10.6 Å². The molecule has 1 aliphatic rings. The summed E-state index contributed by atoms with van der Waals surface area (Å²) in [5.74, 6) is 0. The van der Waals surface area contributed by atoms with Crippen LogP contribution < -0.4 is 0 Å². The molecule has 0 bridgehead atoms. The van der Waals surface area contributed by atoms with Gasteiger partial charge in [0.25, 0.3) is 0 Å². The van der Waals surface area contributed by atoms with E-state index in [-0.39, 0.29) is 0 Å². The molecule has 9 heteroatoms. The Morgan fingerprint density at radius 2 is 2.13 bits per heavy atom. The molecular formula is C6H10FN3O5. The first-order valence-corrected chi connectivity index (χ1v) is 4.02. The zero-order valence-corrected chi connectivity index (χ0v) is 7.43. The van der Waals surface area contributed by atoms with Crippen molar-refractivity contribution >= 4 is 0 Å². The van der Waals surface area contributed by atoms with E-state index in [0.717, 1.165) is 0 Å². The largest absolute Gasteiger partial charge is 0.394 e. The maximum atomic E-state index is 13.2. The van der Waals surface area contributed by atoms with Crippen LogP contribution in [-0.4, -0.2) is 57.4 Å². The normalized spacial score (nSPS) is 45.9. The summed E-state index contributed by atoms with van der Waals surface area (Å²) in [5, 5.41) is 39.2. The van der Waals surface area contributed by atoms with Crippen LogP contribution in [0.2, 0.25) is 0 Å². The number of hydrogen-bond donors (Lipinski definition) is 4. The van der Waals surface area contributed by atoms with Crippen LogP contribution in [0.1, 0.15) is 0 Å². The fourth-order valence-electron chi connectivity index (χ4n) is 1.25. The van der Waals surface area contributed by atoms with Gasteiger partial charge in [-0.05, 0) is 5.53 Å². The zero-order valence-electron chi connectivity index (χ0n) is 7.43. The van der Waals surface area contributed by atoms with Crippen LogP contribution >= 0.6 is 0 Å². The molecule has 1 heterocycles. The van der Waals surface area contributed by atoms with E-state index in [1.807, 2.05) is 0 Å². The Morgan fingerprint density at radius 1 is 1.53 bits per heavy atom. The molecule has 5 atom stereocenters. The van der Waals surface area contributed by atoms with Crippen molar-refractivity contribution in [2.75, 3.05) is 6.61 Å². The average Bonchev–Trinajstić information content (AvgIpc) is 2.21. The smallest absolute Gasteiger partial charge is 0.237 e. The van der Waals surface area contributed by atoms with Crippen molar-refractivity contribution in [3.8, 4) is 0 Å². The molecule has 1 rings (SSSR count). The maximum Gasteiger partial charge on any atom is 0.237 e. The summed E-state index contributed by atoms with van der Waals surface area (Å²) in [4.78, 5) is 2.14. The molecule has 1 aliphatic heterocycles. The fraction of sp³-hybridized carbons (Fsp3) is 1.00. The van der Waals surface area contributed by atoms with Gasteiger partial charge in [-0.25, -0.2) is 4.39 Å². The summed E-state index contributed by atoms with van der Waals surface area (Å²) in [6.07, 6.45) is -7.74. The molecule has 0 spiro atoms. The van der Waals surface area contributed by atoms with Gasteiger partial charge in [0.15, 0.2) is 0 Å². The highest BCUT2D eigenvalue weighted by Crippen LogP contribution is 2.31. The molecule has 0 aliphatic carbocycles. The van der Waals surface area contributed by atoms with Crippen LogP contribution in [0.15, 0.2) is 5.11 Å². The Labute approximate surface area is 83.1 Å². The third-order valence-corrected chi connectivity index (χ3v) is 2.15. The molecule has 0 amide bonds. The van der Waals surface area contributed by atoms with E-state index < -0.39 is 37.0 Å². The lowest BCUT2D eigenvalue weighted by Gasteiger charge is -2.42. The molecule has 0 radical (unpaired) electrons. The van der Waals surface area contributed by atoms with Crippen molar-refractivity contribution in [1.29, 1.82) is 0 Å². The number of aliphatic hydroxyl groups is 4. The Morgan fingerprint density at radius 3 is 2.60 bits per heavy atom. The Bertz CT molecular complexity index is 286. The van der Waals surface area contributed by atoms with Crippen molar-refractivity contribution in [2.45, 2.75) is 30.4 Å². The van der Waals surface area contributed by atoms with Crippen molar-refractivity contribution in [3.63, 3.8) is 0 Å². The molecule has 8 nitrogen and oxygen atoms in total. The summed E-state index contributed by atoms with van der Waals surface area (Å²) < 4.78 is 17.5. The molecule has 1 unspecified atom stereocenters. The fourth-order valence-corrected chi connectivity index (χ4v) is 1.25. The highest BCUT2D eigenvalue weighted by Gasteiger charge is 2.55. The van der Waals surface area contributed by atoms with E-state index in [1.165, 1.54) is 0 Å². The summed E-state index contributed by atoms with van der Waals surface area (Å²) in [5.41, 5.74) is 5.17. The maximum absolute atomic E-state index is 13.2. The van der Waals surface area contributed by atoms with Gasteiger partial charge in [-0.1, -0.05) is 5.11 Å². The lowest BCUT2D eigenvalue weighted by atomic mass is 9.95. The minimum Gasteiger partial charge on any atom is -0.394 e. The molecule has 86 valence electrons. The first kappa shape index (κ1) is 12.1. The zero-order chi connectivity index (χ0) is 11.6. The number of azide groups is 1. The minimum atomic E-state index is -2.89. The number of alkyl halides is 1. The van der Waals surface area contributed by atoms with Crippen molar-refractivity contribution in [1.82, 2.24) is 0 Å². The SMILES string of the molecule is [N-]=[N+]=N[C@]1(O)C(F)O[C@H](CO)[C@@H](O)[C@@H]1O. The van der Waals surface area contributed by atoms with Gasteiger partial charge in [0.2, 0.25) is 12.1 Å². The van der Waals surface area contributed by atoms with Crippen LogP contribution in [0.4, 0.5) is 4.39 Å². The molecule has 1 fully saturated rings. The highest BCUT2D eigenvalue weighted by molar-refractivity contribution is 4.98. The number of aliphatic hydroxyl groups excluding tert-OH is 3. The summed E-state index contributed by atoms with van der Waals surface area (Å²) in [6, 6.07) is 0. The standard InChI is InChI=1S/C6H10FN3O5/c7-5-6(14,9-10-8)4(13)3(12)2(1-11)15-5/h2-5,11-14H,1H2/t2-,3-,4+,5?,6-/m1/s1. The van der Waals surface area contributed by atoms with Crippen molar-refractivity contribution in [2.24, 2.45) is 5.11 Å². The van der Waals surface area contributed by atoms with Crippen LogP contribution in [0.25, 0.3) is 10.4 Å². The van der Waals surface area contributed by atoms with E-state index in [9.17, 15) is 19.7 Å². The Kier molecular flexibility index (Phi) is 3.45. The Hall–Kier alpha value is -0.960. The number of halogens is 1. The van der Waals surface area contributed by atoms with Gasteiger partial charge in [-0.15, -0.1) is 0 Å². The number of hydrogen-bond acceptors (Lipinski definition) is 6. The third kappa shape index (κ3) is 1.88. The molecule has 0 aromatic rings. The second kappa shape index (κ2) is 4.27. The van der Waals surface area contributed by atoms with Gasteiger partial charge in [0.1, 0.15) is 18.3 Å². The quantitative estimate of drug-likeness (QED) is 0.253. The molecule has 0 saturated carbocycles. The summed E-state index contributed by atoms with van der Waals surface area (Å²) in [7, 11) is 0. The summed E-state index contributed by atoms with van der Waals surface area (Å²) in [6.45, 7) is -0.745. The molecule has 1 saturated heterocycles. The first-order chi connectivity index (χ1) is 6.97. The number of ether oxygens (including phenoxy) is 1. The topological polar surface area (TPSA) is 139 Å². The predicted octanol–water partition coefficient (Wildman–Crippen LogP) is -1.61. The Balaban J connectivity index is 2.97. The van der Waals surface area contributed by atoms with Gasteiger partial charge in [0.05, 0.1) is 6.61 Å². The molecular weight excluding hydrogens is 213 g/mol. The summed E-state index contributed by atoms with van der Waals surface area (Å²) >= 11 is 0. The van der Waals surface area contributed by atoms with E-state index in [1.54, 1.807) is 0 Å². The van der Waals surface area contributed by atoms with Crippen molar-refractivity contribution in [3.05, 3.63) is 10.4 Å².